The van der Waals surface area contributed by atoms with Crippen LogP contribution in [0, 0.1) is 0 Å². The molecular formula is C14H17N3O5. The van der Waals surface area contributed by atoms with Crippen LogP contribution in [0.3, 0.4) is 0 Å². The van der Waals surface area contributed by atoms with Crippen molar-refractivity contribution in [1.29, 1.82) is 0 Å². The van der Waals surface area contributed by atoms with E-state index in [9.17, 15) is 24.6 Å². The normalized spacial score (nSPS) is 14.4. The van der Waals surface area contributed by atoms with Crippen LogP contribution in [0.4, 0.5) is 4.79 Å². The summed E-state index contributed by atoms with van der Waals surface area (Å²) >= 11 is 0. The molecule has 1 aliphatic heterocycles. The number of hydrogen-bond acceptors (Lipinski definition) is 5. The molecule has 0 spiro atoms. The molecule has 0 unspecified atom stereocenters. The summed E-state index contributed by atoms with van der Waals surface area (Å²) in [7, 11) is 0. The minimum Gasteiger partial charge on any atom is -0.504 e. The van der Waals surface area contributed by atoms with Crippen molar-refractivity contribution in [2.24, 2.45) is 5.73 Å². The van der Waals surface area contributed by atoms with E-state index in [4.69, 9.17) is 5.73 Å². The number of carbonyl (C=O) groups excluding carboxylic acids is 3. The molecule has 0 aromatic heterocycles. The van der Waals surface area contributed by atoms with Gasteiger partial charge in [-0.25, -0.2) is 4.79 Å². The quantitative estimate of drug-likeness (QED) is 0.407. The third kappa shape index (κ3) is 3.54. The Balaban J connectivity index is 0.00000116. The van der Waals surface area contributed by atoms with Gasteiger partial charge in [-0.05, 0) is 17.7 Å². The van der Waals surface area contributed by atoms with Gasteiger partial charge >= 0.3 is 17.8 Å². The van der Waals surface area contributed by atoms with E-state index in [1.165, 1.54) is 23.1 Å². The van der Waals surface area contributed by atoms with E-state index in [0.717, 1.165) is 0 Å². The Kier molecular flexibility index (Phi) is 5.50. The third-order valence-electron chi connectivity index (χ3n) is 2.99. The van der Waals surface area contributed by atoms with Crippen LogP contribution in [0.15, 0.2) is 31.4 Å². The summed E-state index contributed by atoms with van der Waals surface area (Å²) in [5.74, 6) is -2.37. The average Bonchev–Trinajstić information content (AvgIpc) is 2.49. The van der Waals surface area contributed by atoms with Gasteiger partial charge < -0.3 is 20.8 Å². The molecule has 2 rings (SSSR count). The van der Waals surface area contributed by atoms with E-state index in [-0.39, 0.29) is 31.1 Å². The van der Waals surface area contributed by atoms with Crippen molar-refractivity contribution in [2.45, 2.75) is 6.54 Å². The predicted octanol–water partition coefficient (Wildman–Crippen LogP) is 0.149. The Morgan fingerprint density at radius 1 is 1.14 bits per heavy atom. The monoisotopic (exact) mass is 307 g/mol. The molecule has 0 atom stereocenters. The van der Waals surface area contributed by atoms with Gasteiger partial charge in [0.05, 0.1) is 0 Å². The van der Waals surface area contributed by atoms with E-state index in [0.29, 0.717) is 10.5 Å². The van der Waals surface area contributed by atoms with Crippen molar-refractivity contribution in [2.75, 3.05) is 13.1 Å². The van der Waals surface area contributed by atoms with Crippen molar-refractivity contribution in [3.63, 3.8) is 0 Å². The molecule has 8 heteroatoms. The highest BCUT2D eigenvalue weighted by Gasteiger charge is 2.35. The predicted molar refractivity (Wildman–Crippen MR) is 77.7 cm³/mol. The van der Waals surface area contributed by atoms with E-state index in [2.05, 4.69) is 13.2 Å². The Morgan fingerprint density at radius 2 is 1.77 bits per heavy atom. The summed E-state index contributed by atoms with van der Waals surface area (Å²) in [4.78, 5) is 36.3. The Labute approximate surface area is 127 Å². The van der Waals surface area contributed by atoms with Gasteiger partial charge in [0.25, 0.3) is 0 Å². The summed E-state index contributed by atoms with van der Waals surface area (Å²) in [6, 6.07) is 3.16. The summed E-state index contributed by atoms with van der Waals surface area (Å²) in [6.07, 6.45) is 0. The molecule has 4 N–H and O–H groups in total. The molecule has 8 nitrogen and oxygen atoms in total. The molecule has 118 valence electrons. The lowest BCUT2D eigenvalue weighted by molar-refractivity contribution is -0.154. The van der Waals surface area contributed by atoms with Crippen molar-refractivity contribution in [1.82, 2.24) is 9.80 Å². The number of primary amides is 1. The van der Waals surface area contributed by atoms with Gasteiger partial charge in [0.2, 0.25) is 0 Å². The number of phenols is 2. The Morgan fingerprint density at radius 3 is 2.32 bits per heavy atom. The maximum absolute atomic E-state index is 11.8. The number of piperazine rings is 1. The molecule has 22 heavy (non-hydrogen) atoms. The second-order valence-corrected chi connectivity index (χ2v) is 4.34. The van der Waals surface area contributed by atoms with Crippen molar-refractivity contribution in [3.05, 3.63) is 36.9 Å². The van der Waals surface area contributed by atoms with Gasteiger partial charge in [0, 0.05) is 19.6 Å². The van der Waals surface area contributed by atoms with Gasteiger partial charge in [-0.15, -0.1) is 13.2 Å². The number of amides is 4. The number of hydrogen-bond donors (Lipinski definition) is 3. The fraction of sp³-hybridized carbons (Fsp3) is 0.214. The zero-order valence-electron chi connectivity index (χ0n) is 11.9. The third-order valence-corrected chi connectivity index (χ3v) is 2.99. The molecule has 4 amide bonds. The number of aromatic hydroxyl groups is 2. The molecule has 1 saturated heterocycles. The number of nitrogens with two attached hydrogens (primary N) is 1. The molecule has 0 aliphatic carbocycles. The second kappa shape index (κ2) is 7.11. The summed E-state index contributed by atoms with van der Waals surface area (Å²) < 4.78 is 0. The second-order valence-electron chi connectivity index (χ2n) is 4.34. The molecule has 1 fully saturated rings. The smallest absolute Gasteiger partial charge is 0.321 e. The van der Waals surface area contributed by atoms with Crippen molar-refractivity contribution >= 4 is 17.8 Å². The number of nitrogens with zero attached hydrogens (tertiary/aromatic N) is 2. The highest BCUT2D eigenvalue weighted by Crippen LogP contribution is 2.25. The fourth-order valence-electron chi connectivity index (χ4n) is 1.92. The first kappa shape index (κ1) is 17.0. The van der Waals surface area contributed by atoms with Crippen LogP contribution < -0.4 is 5.73 Å². The highest BCUT2D eigenvalue weighted by molar-refractivity contribution is 6.37. The van der Waals surface area contributed by atoms with Gasteiger partial charge in [-0.3, -0.25) is 14.5 Å². The van der Waals surface area contributed by atoms with E-state index in [1.807, 2.05) is 0 Å². The molecule has 0 saturated carbocycles. The maximum Gasteiger partial charge on any atom is 0.321 e. The van der Waals surface area contributed by atoms with Crippen molar-refractivity contribution < 1.29 is 24.6 Å². The van der Waals surface area contributed by atoms with E-state index in [1.54, 1.807) is 0 Å². The fourth-order valence-corrected chi connectivity index (χ4v) is 1.92. The zero-order chi connectivity index (χ0) is 16.9. The maximum atomic E-state index is 11.8. The first-order valence-electron chi connectivity index (χ1n) is 6.31. The summed E-state index contributed by atoms with van der Waals surface area (Å²) in [6.45, 7) is 6.28. The number of phenolic OH excluding ortho intramolecular Hbond substituents is 2. The Bertz CT molecular complexity index is 602. The number of carbonyl (C=O) groups is 3. The Hall–Kier alpha value is -3.03. The van der Waals surface area contributed by atoms with Crippen LogP contribution in [0.5, 0.6) is 11.5 Å². The number of urea groups is 1. The molecule has 1 aromatic rings. The van der Waals surface area contributed by atoms with Crippen LogP contribution >= 0.6 is 0 Å². The van der Waals surface area contributed by atoms with Gasteiger partial charge in [0.15, 0.2) is 11.5 Å². The largest absolute Gasteiger partial charge is 0.504 e. The van der Waals surface area contributed by atoms with Gasteiger partial charge in [0.1, 0.15) is 0 Å². The van der Waals surface area contributed by atoms with E-state index >= 15 is 0 Å². The highest BCUT2D eigenvalue weighted by atomic mass is 16.3. The van der Waals surface area contributed by atoms with Crippen LogP contribution in [-0.2, 0) is 16.1 Å². The molecule has 0 bridgehead atoms. The topological polar surface area (TPSA) is 124 Å². The van der Waals surface area contributed by atoms with Crippen LogP contribution in [0.25, 0.3) is 0 Å². The first-order valence-corrected chi connectivity index (χ1v) is 6.31. The molecule has 1 aromatic carbocycles. The number of rotatable bonds is 2. The number of benzene rings is 1. The van der Waals surface area contributed by atoms with Gasteiger partial charge in [-0.1, -0.05) is 6.07 Å². The first-order chi connectivity index (χ1) is 10.4. The van der Waals surface area contributed by atoms with Crippen LogP contribution in [0.1, 0.15) is 5.56 Å². The SMILES string of the molecule is C=C.NC(=O)N1CCN(Cc2ccc(O)c(O)c2)C(=O)C1=O. The molecule has 0 radical (unpaired) electrons. The minimum atomic E-state index is -0.966. The zero-order valence-corrected chi connectivity index (χ0v) is 11.9. The molecule has 1 heterocycles. The standard InChI is InChI=1S/C12H13N3O5.C2H4/c13-12(20)15-4-3-14(10(18)11(15)19)6-7-1-2-8(16)9(17)5-7;1-2/h1-2,5,16-17H,3-4,6H2,(H2,13,20);1-2H2. The molecular weight excluding hydrogens is 290 g/mol. The summed E-state index contributed by atoms with van der Waals surface area (Å²) in [5.41, 5.74) is 5.54. The van der Waals surface area contributed by atoms with E-state index < -0.39 is 17.8 Å². The van der Waals surface area contributed by atoms with Crippen LogP contribution in [-0.4, -0.2) is 50.9 Å². The van der Waals surface area contributed by atoms with Gasteiger partial charge in [-0.2, -0.15) is 0 Å². The van der Waals surface area contributed by atoms with Crippen LogP contribution in [0.2, 0.25) is 0 Å². The minimum absolute atomic E-state index is 0.0317. The lowest BCUT2D eigenvalue weighted by Gasteiger charge is -2.31. The average molecular weight is 307 g/mol. The van der Waals surface area contributed by atoms with Crippen molar-refractivity contribution in [3.8, 4) is 11.5 Å². The summed E-state index contributed by atoms with van der Waals surface area (Å²) in [5, 5.41) is 18.6. The molecule has 1 aliphatic rings. The lowest BCUT2D eigenvalue weighted by Crippen LogP contribution is -2.57. The number of imide groups is 1. The lowest BCUT2D eigenvalue weighted by atomic mass is 10.1.